The Balaban J connectivity index is 1.74. The number of ether oxygens (including phenoxy) is 3. The van der Waals surface area contributed by atoms with Crippen molar-refractivity contribution in [2.45, 2.75) is 39.0 Å². The average molecular weight is 496 g/mol. The third-order valence-corrected chi connectivity index (χ3v) is 6.51. The quantitative estimate of drug-likeness (QED) is 0.354. The summed E-state index contributed by atoms with van der Waals surface area (Å²) in [4.78, 5) is 0. The molecule has 0 saturated heterocycles. The van der Waals surface area contributed by atoms with Crippen molar-refractivity contribution >= 4 is 23.0 Å². The molecule has 1 unspecified atom stereocenters. The fourth-order valence-corrected chi connectivity index (χ4v) is 5.27. The van der Waals surface area contributed by atoms with Crippen LogP contribution in [0.2, 0.25) is 0 Å². The van der Waals surface area contributed by atoms with Gasteiger partial charge >= 0.3 is 6.61 Å². The van der Waals surface area contributed by atoms with Gasteiger partial charge in [-0.2, -0.15) is 8.78 Å². The van der Waals surface area contributed by atoms with Gasteiger partial charge in [0.1, 0.15) is 23.2 Å². The lowest BCUT2D eigenvalue weighted by molar-refractivity contribution is -0.0496. The lowest BCUT2D eigenvalue weighted by Gasteiger charge is -2.37. The standard InChI is InChI=1S/C28H27F2NO3S/c1-16-14-28(2,3)31-20-12-11-19-24-21(9-6-10-22(24)34-27(29)30)33-26(25(19)23(16)20)17-7-5-8-18(13-17)32-15-35-4/h5-14,26-27,31H,15H2,1-4H3. The Morgan fingerprint density at radius 1 is 1.09 bits per heavy atom. The van der Waals surface area contributed by atoms with Crippen LogP contribution in [0.3, 0.4) is 0 Å². The summed E-state index contributed by atoms with van der Waals surface area (Å²) < 4.78 is 43.9. The smallest absolute Gasteiger partial charge is 0.387 e. The summed E-state index contributed by atoms with van der Waals surface area (Å²) in [6.07, 6.45) is 3.70. The summed E-state index contributed by atoms with van der Waals surface area (Å²) in [6.45, 7) is 3.37. The van der Waals surface area contributed by atoms with Crippen LogP contribution in [-0.4, -0.2) is 24.3 Å². The number of hydrogen-bond donors (Lipinski definition) is 1. The Bertz CT molecular complexity index is 1310. The number of allylic oxidation sites excluding steroid dienone is 1. The summed E-state index contributed by atoms with van der Waals surface area (Å²) in [7, 11) is 0. The summed E-state index contributed by atoms with van der Waals surface area (Å²) in [6, 6.07) is 16.8. The molecular weight excluding hydrogens is 468 g/mol. The summed E-state index contributed by atoms with van der Waals surface area (Å²) in [5, 5.41) is 3.59. The van der Waals surface area contributed by atoms with Crippen LogP contribution in [0.15, 0.2) is 60.7 Å². The fourth-order valence-electron chi connectivity index (χ4n) is 5.02. The molecule has 1 N–H and O–H groups in total. The van der Waals surface area contributed by atoms with Crippen LogP contribution in [-0.2, 0) is 0 Å². The molecule has 0 radical (unpaired) electrons. The van der Waals surface area contributed by atoms with Crippen molar-refractivity contribution in [1.29, 1.82) is 0 Å². The lowest BCUT2D eigenvalue weighted by atomic mass is 9.80. The van der Waals surface area contributed by atoms with E-state index in [1.165, 1.54) is 0 Å². The van der Waals surface area contributed by atoms with Gasteiger partial charge in [-0.3, -0.25) is 0 Å². The van der Waals surface area contributed by atoms with Crippen molar-refractivity contribution < 1.29 is 23.0 Å². The van der Waals surface area contributed by atoms with Gasteiger partial charge < -0.3 is 19.5 Å². The van der Waals surface area contributed by atoms with E-state index < -0.39 is 12.7 Å². The molecule has 0 saturated carbocycles. The number of thioether (sulfide) groups is 1. The van der Waals surface area contributed by atoms with E-state index in [2.05, 4.69) is 32.2 Å². The highest BCUT2D eigenvalue weighted by Gasteiger charge is 2.36. The van der Waals surface area contributed by atoms with Gasteiger partial charge in [-0.25, -0.2) is 0 Å². The van der Waals surface area contributed by atoms with Gasteiger partial charge in [0.05, 0.1) is 11.1 Å². The Hall–Kier alpha value is -3.19. The number of benzene rings is 3. The molecule has 2 aliphatic rings. The van der Waals surface area contributed by atoms with Crippen LogP contribution in [0.4, 0.5) is 14.5 Å². The molecule has 0 aliphatic carbocycles. The van der Waals surface area contributed by atoms with Crippen LogP contribution >= 0.6 is 11.8 Å². The van der Waals surface area contributed by atoms with Crippen molar-refractivity contribution in [2.75, 3.05) is 17.5 Å². The minimum absolute atomic E-state index is 0.0972. The molecule has 0 bridgehead atoms. The topological polar surface area (TPSA) is 39.7 Å². The Morgan fingerprint density at radius 3 is 2.66 bits per heavy atom. The Labute approximate surface area is 208 Å². The number of halogens is 2. The lowest BCUT2D eigenvalue weighted by Crippen LogP contribution is -2.32. The van der Waals surface area contributed by atoms with E-state index >= 15 is 0 Å². The fraction of sp³-hybridized carbons (Fsp3) is 0.286. The first-order valence-electron chi connectivity index (χ1n) is 11.4. The minimum Gasteiger partial charge on any atom is -0.483 e. The van der Waals surface area contributed by atoms with Gasteiger partial charge in [0.2, 0.25) is 0 Å². The molecule has 5 rings (SSSR count). The molecule has 3 aromatic carbocycles. The van der Waals surface area contributed by atoms with E-state index in [-0.39, 0.29) is 11.3 Å². The van der Waals surface area contributed by atoms with Gasteiger partial charge in [-0.05, 0) is 68.5 Å². The van der Waals surface area contributed by atoms with Crippen molar-refractivity contribution in [3.05, 3.63) is 77.4 Å². The summed E-state index contributed by atoms with van der Waals surface area (Å²) >= 11 is 1.60. The van der Waals surface area contributed by atoms with E-state index in [9.17, 15) is 8.78 Å². The van der Waals surface area contributed by atoms with E-state index in [1.807, 2.05) is 42.7 Å². The zero-order valence-corrected chi connectivity index (χ0v) is 20.8. The maximum Gasteiger partial charge on any atom is 0.387 e. The van der Waals surface area contributed by atoms with Crippen LogP contribution in [0, 0.1) is 0 Å². The predicted molar refractivity (Wildman–Crippen MR) is 138 cm³/mol. The maximum atomic E-state index is 13.3. The molecule has 2 heterocycles. The zero-order valence-electron chi connectivity index (χ0n) is 20.0. The van der Waals surface area contributed by atoms with Crippen molar-refractivity contribution in [1.82, 2.24) is 0 Å². The third kappa shape index (κ3) is 4.45. The zero-order chi connectivity index (χ0) is 24.7. The van der Waals surface area contributed by atoms with Gasteiger partial charge in [-0.15, -0.1) is 11.8 Å². The maximum absolute atomic E-state index is 13.3. The first-order valence-corrected chi connectivity index (χ1v) is 12.8. The van der Waals surface area contributed by atoms with Crippen molar-refractivity contribution in [3.63, 3.8) is 0 Å². The van der Waals surface area contributed by atoms with E-state index in [1.54, 1.807) is 30.0 Å². The number of fused-ring (bicyclic) bond motifs is 5. The molecule has 0 fully saturated rings. The van der Waals surface area contributed by atoms with Crippen LogP contribution in [0.25, 0.3) is 16.7 Å². The first kappa shape index (κ1) is 23.5. The van der Waals surface area contributed by atoms with Crippen molar-refractivity contribution in [3.8, 4) is 28.4 Å². The Morgan fingerprint density at radius 2 is 1.89 bits per heavy atom. The molecule has 2 aliphatic heterocycles. The average Bonchev–Trinajstić information content (AvgIpc) is 2.80. The molecule has 35 heavy (non-hydrogen) atoms. The molecule has 1 atom stereocenters. The monoisotopic (exact) mass is 495 g/mol. The van der Waals surface area contributed by atoms with E-state index in [0.717, 1.165) is 39.3 Å². The normalized spacial score (nSPS) is 17.3. The number of alkyl halides is 2. The second-order valence-corrected chi connectivity index (χ2v) is 10.1. The molecule has 0 aromatic heterocycles. The highest BCUT2D eigenvalue weighted by Crippen LogP contribution is 2.53. The van der Waals surface area contributed by atoms with Crippen molar-refractivity contribution in [2.24, 2.45) is 0 Å². The first-order chi connectivity index (χ1) is 16.8. The summed E-state index contributed by atoms with van der Waals surface area (Å²) in [5.41, 5.74) is 6.06. The molecule has 0 amide bonds. The number of hydrogen-bond acceptors (Lipinski definition) is 5. The number of anilines is 1. The van der Waals surface area contributed by atoms with Gasteiger partial charge in [0.25, 0.3) is 0 Å². The van der Waals surface area contributed by atoms with Crippen LogP contribution in [0.5, 0.6) is 17.2 Å². The summed E-state index contributed by atoms with van der Waals surface area (Å²) in [5.74, 6) is 1.89. The Kier molecular flexibility index (Phi) is 6.13. The van der Waals surface area contributed by atoms with Crippen LogP contribution < -0.4 is 19.5 Å². The minimum atomic E-state index is -2.94. The second kappa shape index (κ2) is 9.11. The molecule has 3 aromatic rings. The molecule has 0 spiro atoms. The molecule has 182 valence electrons. The van der Waals surface area contributed by atoms with Crippen LogP contribution in [0.1, 0.15) is 43.6 Å². The molecule has 4 nitrogen and oxygen atoms in total. The highest BCUT2D eigenvalue weighted by molar-refractivity contribution is 7.98. The van der Waals surface area contributed by atoms with Gasteiger partial charge in [0, 0.05) is 22.4 Å². The SMILES string of the molecule is CSCOc1cccc(C2Oc3cccc(OC(F)F)c3-c3ccc4c(c32)C(C)=CC(C)(C)N4)c1. The second-order valence-electron chi connectivity index (χ2n) is 9.25. The van der Waals surface area contributed by atoms with E-state index in [0.29, 0.717) is 17.3 Å². The molecule has 7 heteroatoms. The largest absolute Gasteiger partial charge is 0.483 e. The number of rotatable bonds is 6. The number of nitrogens with one attached hydrogen (secondary N) is 1. The third-order valence-electron chi connectivity index (χ3n) is 6.16. The molecular formula is C28H27F2NO3S. The highest BCUT2D eigenvalue weighted by atomic mass is 32.2. The predicted octanol–water partition coefficient (Wildman–Crippen LogP) is 7.74. The van der Waals surface area contributed by atoms with Gasteiger partial charge in [0.15, 0.2) is 6.10 Å². The van der Waals surface area contributed by atoms with E-state index in [4.69, 9.17) is 14.2 Å². The van der Waals surface area contributed by atoms with Gasteiger partial charge in [-0.1, -0.05) is 30.3 Å².